The molecule has 2 aliphatic rings. The Labute approximate surface area is 175 Å². The maximum Gasteiger partial charge on any atom is 0.319 e. The first-order valence-electron chi connectivity index (χ1n) is 10.5. The quantitative estimate of drug-likeness (QED) is 0.754. The average molecular weight is 416 g/mol. The molecule has 2 fully saturated rings. The zero-order valence-corrected chi connectivity index (χ0v) is 17.5. The van der Waals surface area contributed by atoms with Crippen molar-refractivity contribution in [2.24, 2.45) is 11.3 Å². The molecule has 1 aliphatic carbocycles. The van der Waals surface area contributed by atoms with Crippen molar-refractivity contribution in [1.29, 1.82) is 0 Å². The number of benzene rings is 1. The molecular formula is C22H29FN4O3. The monoisotopic (exact) mass is 416 g/mol. The van der Waals surface area contributed by atoms with Crippen LogP contribution in [0.3, 0.4) is 0 Å². The topological polar surface area (TPSA) is 79.6 Å². The molecule has 1 aromatic carbocycles. The van der Waals surface area contributed by atoms with Gasteiger partial charge in [0, 0.05) is 30.9 Å². The maximum atomic E-state index is 13.0. The normalized spacial score (nSPS) is 23.6. The van der Waals surface area contributed by atoms with E-state index in [0.717, 1.165) is 57.1 Å². The van der Waals surface area contributed by atoms with Crippen molar-refractivity contribution >= 4 is 11.7 Å². The minimum Gasteiger partial charge on any atom is -0.379 e. The molecule has 162 valence electrons. The number of morpholine rings is 1. The van der Waals surface area contributed by atoms with Crippen LogP contribution in [0.5, 0.6) is 0 Å². The molecule has 2 atom stereocenters. The number of carbonyl (C=O) groups is 1. The second kappa shape index (κ2) is 8.73. The highest BCUT2D eigenvalue weighted by Crippen LogP contribution is 2.47. The number of urea groups is 1. The fourth-order valence-electron chi connectivity index (χ4n) is 4.22. The first-order valence-corrected chi connectivity index (χ1v) is 10.5. The summed E-state index contributed by atoms with van der Waals surface area (Å²) >= 11 is 0. The van der Waals surface area contributed by atoms with Crippen molar-refractivity contribution in [3.8, 4) is 0 Å². The SMILES string of the molecule is CC1(C)[C@H](Cc2cc(CN3CCOCC3)on2)C[C@@H]1NC(=O)Nc1ccc(F)cc1. The molecule has 7 nitrogen and oxygen atoms in total. The molecule has 8 heteroatoms. The number of anilines is 1. The highest BCUT2D eigenvalue weighted by atomic mass is 19.1. The summed E-state index contributed by atoms with van der Waals surface area (Å²) in [5, 5.41) is 10.0. The summed E-state index contributed by atoms with van der Waals surface area (Å²) in [5.41, 5.74) is 1.48. The lowest BCUT2D eigenvalue weighted by atomic mass is 9.57. The van der Waals surface area contributed by atoms with Crippen molar-refractivity contribution in [2.75, 3.05) is 31.6 Å². The summed E-state index contributed by atoms with van der Waals surface area (Å²) in [6, 6.07) is 7.59. The van der Waals surface area contributed by atoms with E-state index in [-0.39, 0.29) is 23.3 Å². The molecule has 0 unspecified atom stereocenters. The van der Waals surface area contributed by atoms with Crippen LogP contribution in [-0.2, 0) is 17.7 Å². The number of amides is 2. The van der Waals surface area contributed by atoms with Gasteiger partial charge in [-0.1, -0.05) is 19.0 Å². The Bertz CT molecular complexity index is 862. The van der Waals surface area contributed by atoms with Crippen molar-refractivity contribution < 1.29 is 18.4 Å². The van der Waals surface area contributed by atoms with E-state index in [0.29, 0.717) is 11.6 Å². The van der Waals surface area contributed by atoms with Gasteiger partial charge in [-0.25, -0.2) is 9.18 Å². The predicted molar refractivity (Wildman–Crippen MR) is 111 cm³/mol. The van der Waals surface area contributed by atoms with Crippen molar-refractivity contribution in [2.45, 2.75) is 39.3 Å². The zero-order chi connectivity index (χ0) is 21.1. The van der Waals surface area contributed by atoms with Crippen molar-refractivity contribution in [1.82, 2.24) is 15.4 Å². The van der Waals surface area contributed by atoms with Gasteiger partial charge in [-0.2, -0.15) is 0 Å². The molecule has 2 N–H and O–H groups in total. The molecule has 2 amide bonds. The maximum absolute atomic E-state index is 13.0. The molecule has 0 bridgehead atoms. The lowest BCUT2D eigenvalue weighted by Crippen LogP contribution is -2.59. The number of hydrogen-bond acceptors (Lipinski definition) is 5. The van der Waals surface area contributed by atoms with E-state index in [1.165, 1.54) is 12.1 Å². The van der Waals surface area contributed by atoms with Gasteiger partial charge in [0.05, 0.1) is 25.5 Å². The molecule has 0 spiro atoms. The number of nitrogens with one attached hydrogen (secondary N) is 2. The summed E-state index contributed by atoms with van der Waals surface area (Å²) in [5.74, 6) is 0.970. The van der Waals surface area contributed by atoms with Crippen LogP contribution < -0.4 is 10.6 Å². The van der Waals surface area contributed by atoms with Crippen LogP contribution in [0.15, 0.2) is 34.9 Å². The number of hydrogen-bond donors (Lipinski definition) is 2. The molecule has 2 heterocycles. The third-order valence-corrected chi connectivity index (χ3v) is 6.42. The predicted octanol–water partition coefficient (Wildman–Crippen LogP) is 3.42. The summed E-state index contributed by atoms with van der Waals surface area (Å²) < 4.78 is 23.9. The van der Waals surface area contributed by atoms with Crippen LogP contribution in [0.4, 0.5) is 14.9 Å². The first kappa shape index (κ1) is 20.8. The van der Waals surface area contributed by atoms with Crippen LogP contribution in [0, 0.1) is 17.2 Å². The highest BCUT2D eigenvalue weighted by molar-refractivity contribution is 5.89. The molecule has 30 heavy (non-hydrogen) atoms. The number of carbonyl (C=O) groups excluding carboxylic acids is 1. The Morgan fingerprint density at radius 2 is 2.00 bits per heavy atom. The highest BCUT2D eigenvalue weighted by Gasteiger charge is 2.48. The Morgan fingerprint density at radius 1 is 1.27 bits per heavy atom. The van der Waals surface area contributed by atoms with Crippen molar-refractivity contribution in [3.63, 3.8) is 0 Å². The van der Waals surface area contributed by atoms with Gasteiger partial charge in [-0.15, -0.1) is 0 Å². The molecule has 4 rings (SSSR count). The fourth-order valence-corrected chi connectivity index (χ4v) is 4.22. The summed E-state index contributed by atoms with van der Waals surface area (Å²) in [6.45, 7) is 8.45. The van der Waals surface area contributed by atoms with Crippen LogP contribution in [-0.4, -0.2) is 48.4 Å². The molecule has 1 saturated heterocycles. The van der Waals surface area contributed by atoms with Gasteiger partial charge in [0.1, 0.15) is 5.82 Å². The third-order valence-electron chi connectivity index (χ3n) is 6.42. The number of aromatic nitrogens is 1. The van der Waals surface area contributed by atoms with E-state index in [9.17, 15) is 9.18 Å². The third kappa shape index (κ3) is 4.82. The zero-order valence-electron chi connectivity index (χ0n) is 17.5. The Morgan fingerprint density at radius 3 is 2.70 bits per heavy atom. The van der Waals surface area contributed by atoms with Gasteiger partial charge >= 0.3 is 6.03 Å². The molecule has 0 radical (unpaired) electrons. The van der Waals surface area contributed by atoms with E-state index >= 15 is 0 Å². The first-order chi connectivity index (χ1) is 14.4. The van der Waals surface area contributed by atoms with E-state index < -0.39 is 0 Å². The second-order valence-corrected chi connectivity index (χ2v) is 8.79. The Kier molecular flexibility index (Phi) is 6.06. The van der Waals surface area contributed by atoms with Crippen molar-refractivity contribution in [3.05, 3.63) is 47.6 Å². The summed E-state index contributed by atoms with van der Waals surface area (Å²) in [4.78, 5) is 14.6. The van der Waals surface area contributed by atoms with Gasteiger partial charge in [0.2, 0.25) is 0 Å². The van der Waals surface area contributed by atoms with E-state index in [4.69, 9.17) is 9.26 Å². The fraction of sp³-hybridized carbons (Fsp3) is 0.545. The van der Waals surface area contributed by atoms with Crippen LogP contribution in [0.1, 0.15) is 31.7 Å². The average Bonchev–Trinajstić information content (AvgIpc) is 3.17. The lowest BCUT2D eigenvalue weighted by Gasteiger charge is -2.52. The summed E-state index contributed by atoms with van der Waals surface area (Å²) in [7, 11) is 0. The number of ether oxygens (including phenoxy) is 1. The van der Waals surface area contributed by atoms with E-state index in [1.54, 1.807) is 12.1 Å². The van der Waals surface area contributed by atoms with Gasteiger partial charge < -0.3 is 19.9 Å². The number of rotatable bonds is 6. The minimum absolute atomic E-state index is 0.0521. The number of halogens is 1. The molecule has 2 aromatic rings. The minimum atomic E-state index is -0.329. The summed E-state index contributed by atoms with van der Waals surface area (Å²) in [6.07, 6.45) is 1.72. The lowest BCUT2D eigenvalue weighted by molar-refractivity contribution is 0.0210. The van der Waals surface area contributed by atoms with Gasteiger partial charge in [-0.05, 0) is 48.4 Å². The van der Waals surface area contributed by atoms with Crippen LogP contribution in [0.25, 0.3) is 0 Å². The van der Waals surface area contributed by atoms with Crippen LogP contribution in [0.2, 0.25) is 0 Å². The van der Waals surface area contributed by atoms with Gasteiger partial charge in [0.15, 0.2) is 5.76 Å². The van der Waals surface area contributed by atoms with E-state index in [2.05, 4.69) is 34.5 Å². The molecule has 1 aliphatic heterocycles. The van der Waals surface area contributed by atoms with Crippen LogP contribution >= 0.6 is 0 Å². The second-order valence-electron chi connectivity index (χ2n) is 8.79. The van der Waals surface area contributed by atoms with Gasteiger partial charge in [-0.3, -0.25) is 4.90 Å². The van der Waals surface area contributed by atoms with Gasteiger partial charge in [0.25, 0.3) is 0 Å². The molecule has 1 saturated carbocycles. The Balaban J connectivity index is 1.26. The largest absolute Gasteiger partial charge is 0.379 e. The standard InChI is InChI=1S/C22H29FN4O3/c1-22(2)15(11-18-13-19(30-26-18)14-27-7-9-29-10-8-27)12-20(22)25-21(28)24-17-5-3-16(23)4-6-17/h3-6,13,15,20H,7-12,14H2,1-2H3,(H2,24,25,28)/t15-,20+/m1/s1. The Hall–Kier alpha value is -2.45. The number of nitrogens with zero attached hydrogens (tertiary/aromatic N) is 2. The molecule has 1 aromatic heterocycles. The molecular weight excluding hydrogens is 387 g/mol. The van der Waals surface area contributed by atoms with E-state index in [1.807, 2.05) is 6.07 Å². The smallest absolute Gasteiger partial charge is 0.319 e.